The normalized spacial score (nSPS) is 11.4. The van der Waals surface area contributed by atoms with Gasteiger partial charge in [-0.15, -0.1) is 0 Å². The molecular formula is C21H18Cl2FNO3S. The van der Waals surface area contributed by atoms with Gasteiger partial charge in [-0.3, -0.25) is 0 Å². The molecule has 3 aromatic carbocycles. The summed E-state index contributed by atoms with van der Waals surface area (Å²) in [5, 5.41) is 0.761. The second kappa shape index (κ2) is 9.59. The highest BCUT2D eigenvalue weighted by Crippen LogP contribution is 2.22. The Labute approximate surface area is 179 Å². The molecule has 0 bridgehead atoms. The summed E-state index contributed by atoms with van der Waals surface area (Å²) in [5.41, 5.74) is 2.11. The predicted molar refractivity (Wildman–Crippen MR) is 113 cm³/mol. The van der Waals surface area contributed by atoms with E-state index in [1.165, 1.54) is 18.2 Å². The molecule has 0 aliphatic rings. The van der Waals surface area contributed by atoms with E-state index in [9.17, 15) is 12.8 Å². The van der Waals surface area contributed by atoms with E-state index in [1.54, 1.807) is 48.5 Å². The molecule has 3 rings (SSSR count). The molecule has 152 valence electrons. The number of sulfonamides is 1. The fourth-order valence-electron chi connectivity index (χ4n) is 2.54. The maximum Gasteiger partial charge on any atom is 0.216 e. The van der Waals surface area contributed by atoms with Crippen LogP contribution in [-0.4, -0.2) is 8.42 Å². The van der Waals surface area contributed by atoms with Crippen molar-refractivity contribution in [2.45, 2.75) is 18.9 Å². The van der Waals surface area contributed by atoms with Gasteiger partial charge in [0, 0.05) is 16.6 Å². The molecule has 3 aromatic rings. The quantitative estimate of drug-likeness (QED) is 0.501. The van der Waals surface area contributed by atoms with Crippen molar-refractivity contribution in [3.05, 3.63) is 99.3 Å². The van der Waals surface area contributed by atoms with Crippen molar-refractivity contribution in [1.29, 1.82) is 0 Å². The molecule has 29 heavy (non-hydrogen) atoms. The Balaban J connectivity index is 1.53. The molecule has 0 saturated heterocycles. The molecule has 8 heteroatoms. The van der Waals surface area contributed by atoms with Crippen LogP contribution in [0.3, 0.4) is 0 Å². The van der Waals surface area contributed by atoms with E-state index >= 15 is 0 Å². The number of hydrogen-bond donors (Lipinski definition) is 1. The van der Waals surface area contributed by atoms with Crippen LogP contribution in [0.15, 0.2) is 66.7 Å². The van der Waals surface area contributed by atoms with Crippen molar-refractivity contribution in [3.63, 3.8) is 0 Å². The number of rotatable bonds is 8. The Morgan fingerprint density at radius 3 is 2.21 bits per heavy atom. The summed E-state index contributed by atoms with van der Waals surface area (Å²) in [4.78, 5) is 0. The second-order valence-corrected chi connectivity index (χ2v) is 9.03. The van der Waals surface area contributed by atoms with Crippen molar-refractivity contribution in [2.24, 2.45) is 0 Å². The summed E-state index contributed by atoms with van der Waals surface area (Å²) in [6.45, 7) is 0.458. The van der Waals surface area contributed by atoms with Crippen molar-refractivity contribution >= 4 is 33.2 Å². The first-order valence-electron chi connectivity index (χ1n) is 8.68. The van der Waals surface area contributed by atoms with Crippen molar-refractivity contribution in [1.82, 2.24) is 4.72 Å². The smallest absolute Gasteiger partial charge is 0.216 e. The van der Waals surface area contributed by atoms with Crippen LogP contribution in [-0.2, 0) is 28.9 Å². The summed E-state index contributed by atoms with van der Waals surface area (Å²) in [6, 6.07) is 17.8. The molecule has 0 aliphatic heterocycles. The van der Waals surface area contributed by atoms with Gasteiger partial charge < -0.3 is 4.74 Å². The highest BCUT2D eigenvalue weighted by molar-refractivity contribution is 7.88. The zero-order chi connectivity index (χ0) is 20.9. The minimum Gasteiger partial charge on any atom is -0.489 e. The lowest BCUT2D eigenvalue weighted by atomic mass is 10.2. The molecule has 0 aliphatic carbocycles. The van der Waals surface area contributed by atoms with E-state index in [2.05, 4.69) is 4.72 Å². The van der Waals surface area contributed by atoms with Crippen LogP contribution in [0.1, 0.15) is 16.7 Å². The van der Waals surface area contributed by atoms with Gasteiger partial charge in [0.15, 0.2) is 0 Å². The summed E-state index contributed by atoms with van der Waals surface area (Å²) in [5.74, 6) is 0.106. The van der Waals surface area contributed by atoms with Crippen LogP contribution in [0.25, 0.3) is 0 Å². The van der Waals surface area contributed by atoms with Crippen LogP contribution in [0, 0.1) is 5.82 Å². The number of hydrogen-bond acceptors (Lipinski definition) is 3. The Morgan fingerprint density at radius 1 is 0.897 bits per heavy atom. The zero-order valence-electron chi connectivity index (χ0n) is 15.2. The molecular weight excluding hydrogens is 436 g/mol. The molecule has 0 radical (unpaired) electrons. The van der Waals surface area contributed by atoms with Crippen LogP contribution in [0.4, 0.5) is 4.39 Å². The zero-order valence-corrected chi connectivity index (χ0v) is 17.6. The van der Waals surface area contributed by atoms with E-state index in [1.807, 2.05) is 0 Å². The Bertz CT molecular complexity index is 1070. The van der Waals surface area contributed by atoms with Crippen molar-refractivity contribution < 1.29 is 17.5 Å². The molecule has 1 N–H and O–H groups in total. The largest absolute Gasteiger partial charge is 0.489 e. The predicted octanol–water partition coefficient (Wildman–Crippen LogP) is 5.33. The molecule has 4 nitrogen and oxygen atoms in total. The maximum atomic E-state index is 12.9. The van der Waals surface area contributed by atoms with Gasteiger partial charge >= 0.3 is 0 Å². The van der Waals surface area contributed by atoms with Gasteiger partial charge in [0.05, 0.1) is 5.75 Å². The second-order valence-electron chi connectivity index (χ2n) is 6.38. The summed E-state index contributed by atoms with van der Waals surface area (Å²) in [7, 11) is -3.57. The van der Waals surface area contributed by atoms with Gasteiger partial charge in [0.2, 0.25) is 10.0 Å². The van der Waals surface area contributed by atoms with Crippen LogP contribution in [0.2, 0.25) is 10.0 Å². The summed E-state index contributed by atoms with van der Waals surface area (Å²) in [6.07, 6.45) is 0. The highest BCUT2D eigenvalue weighted by atomic mass is 35.5. The van der Waals surface area contributed by atoms with Gasteiger partial charge in [-0.05, 0) is 53.1 Å². The standard InChI is InChI=1S/C21H18Cl2FNO3S/c22-18-6-5-17(21(23)11-18)14-29(26,27)25-12-15-3-9-20(10-4-15)28-13-16-1-7-19(24)8-2-16/h1-11,25H,12-14H2. The van der Waals surface area contributed by atoms with E-state index in [4.69, 9.17) is 27.9 Å². The molecule has 0 unspecified atom stereocenters. The molecule has 0 fully saturated rings. The Morgan fingerprint density at radius 2 is 1.55 bits per heavy atom. The average Bonchev–Trinajstić information content (AvgIpc) is 2.69. The molecule has 0 spiro atoms. The molecule has 0 atom stereocenters. The number of ether oxygens (including phenoxy) is 1. The highest BCUT2D eigenvalue weighted by Gasteiger charge is 2.14. The van der Waals surface area contributed by atoms with Gasteiger partial charge in [-0.1, -0.05) is 53.5 Å². The van der Waals surface area contributed by atoms with Crippen LogP contribution >= 0.6 is 23.2 Å². The lowest BCUT2D eigenvalue weighted by Gasteiger charge is -2.10. The Kier molecular flexibility index (Phi) is 7.14. The fraction of sp³-hybridized carbons (Fsp3) is 0.143. The van der Waals surface area contributed by atoms with E-state index in [-0.39, 0.29) is 18.1 Å². The first-order valence-corrected chi connectivity index (χ1v) is 11.1. The maximum absolute atomic E-state index is 12.9. The van der Waals surface area contributed by atoms with Gasteiger partial charge in [-0.25, -0.2) is 17.5 Å². The first-order chi connectivity index (χ1) is 13.8. The average molecular weight is 454 g/mol. The molecule has 0 amide bonds. The fourth-order valence-corrected chi connectivity index (χ4v) is 4.24. The summed E-state index contributed by atoms with van der Waals surface area (Å²) >= 11 is 11.9. The third-order valence-electron chi connectivity index (χ3n) is 4.10. The van der Waals surface area contributed by atoms with E-state index in [0.29, 0.717) is 28.0 Å². The topological polar surface area (TPSA) is 55.4 Å². The van der Waals surface area contributed by atoms with E-state index in [0.717, 1.165) is 11.1 Å². The third-order valence-corrected chi connectivity index (χ3v) is 5.96. The van der Waals surface area contributed by atoms with Crippen LogP contribution < -0.4 is 9.46 Å². The number of halogens is 3. The Hall–Kier alpha value is -2.12. The molecule has 0 saturated carbocycles. The molecule has 0 aromatic heterocycles. The van der Waals surface area contributed by atoms with Gasteiger partial charge in [0.1, 0.15) is 18.2 Å². The van der Waals surface area contributed by atoms with Crippen molar-refractivity contribution in [3.8, 4) is 5.75 Å². The summed E-state index contributed by atoms with van der Waals surface area (Å²) < 4.78 is 45.7. The van der Waals surface area contributed by atoms with E-state index < -0.39 is 10.0 Å². The SMILES string of the molecule is O=S(=O)(Cc1ccc(Cl)cc1Cl)NCc1ccc(OCc2ccc(F)cc2)cc1. The number of benzene rings is 3. The monoisotopic (exact) mass is 453 g/mol. The number of nitrogens with one attached hydrogen (secondary N) is 1. The van der Waals surface area contributed by atoms with Gasteiger partial charge in [-0.2, -0.15) is 0 Å². The van der Waals surface area contributed by atoms with Crippen LogP contribution in [0.5, 0.6) is 5.75 Å². The first kappa shape index (κ1) is 21.6. The lowest BCUT2D eigenvalue weighted by molar-refractivity contribution is 0.306. The third kappa shape index (κ3) is 6.72. The lowest BCUT2D eigenvalue weighted by Crippen LogP contribution is -2.24. The minimum absolute atomic E-state index is 0.145. The van der Waals surface area contributed by atoms with Crippen molar-refractivity contribution in [2.75, 3.05) is 0 Å². The minimum atomic E-state index is -3.57. The molecule has 0 heterocycles. The van der Waals surface area contributed by atoms with Gasteiger partial charge in [0.25, 0.3) is 0 Å².